The molecule has 30 heavy (non-hydrogen) atoms. The van der Waals surface area contributed by atoms with Gasteiger partial charge in [-0.1, -0.05) is 103 Å². The Hall–Kier alpha value is -0.870. The predicted molar refractivity (Wildman–Crippen MR) is 129 cm³/mol. The highest BCUT2D eigenvalue weighted by Gasteiger charge is 2.19. The summed E-state index contributed by atoms with van der Waals surface area (Å²) in [5, 5.41) is 22.6. The molecule has 2 atom stereocenters. The number of hydrogen-bond acceptors (Lipinski definition) is 3. The molecular formula is C26H51NO3. The predicted octanol–water partition coefficient (Wildman–Crippen LogP) is 6.44. The zero-order valence-electron chi connectivity index (χ0n) is 20.0. The average molecular weight is 426 g/mol. The minimum Gasteiger partial charge on any atom is -0.394 e. The molecule has 0 bridgehead atoms. The number of nitrogens with one attached hydrogen (secondary N) is 1. The van der Waals surface area contributed by atoms with Crippen molar-refractivity contribution in [2.24, 2.45) is 0 Å². The van der Waals surface area contributed by atoms with E-state index in [9.17, 15) is 15.0 Å². The van der Waals surface area contributed by atoms with E-state index in [2.05, 4.69) is 31.3 Å². The van der Waals surface area contributed by atoms with Gasteiger partial charge in [0.1, 0.15) is 0 Å². The van der Waals surface area contributed by atoms with Crippen molar-refractivity contribution >= 4 is 5.91 Å². The number of carbonyl (C=O) groups is 1. The quantitative estimate of drug-likeness (QED) is 0.138. The SMILES string of the molecule is CCCCCCCCCCC/C=C/CC[C@@H](O)[C@H](CO)NC(=O)CCCCCCC. The molecule has 3 N–H and O–H groups in total. The molecule has 178 valence electrons. The fourth-order valence-electron chi connectivity index (χ4n) is 3.71. The van der Waals surface area contributed by atoms with Gasteiger partial charge >= 0.3 is 0 Å². The van der Waals surface area contributed by atoms with Crippen molar-refractivity contribution in [1.29, 1.82) is 0 Å². The molecule has 0 saturated carbocycles. The van der Waals surface area contributed by atoms with E-state index in [1.54, 1.807) is 0 Å². The minimum absolute atomic E-state index is 0.0643. The molecule has 0 radical (unpaired) electrons. The Morgan fingerprint density at radius 2 is 1.27 bits per heavy atom. The Morgan fingerprint density at radius 3 is 1.83 bits per heavy atom. The Kier molecular flexibility index (Phi) is 22.1. The van der Waals surface area contributed by atoms with Crippen LogP contribution >= 0.6 is 0 Å². The summed E-state index contributed by atoms with van der Waals surface area (Å²) in [6, 6.07) is -0.557. The van der Waals surface area contributed by atoms with E-state index >= 15 is 0 Å². The van der Waals surface area contributed by atoms with E-state index in [4.69, 9.17) is 0 Å². The first-order valence-corrected chi connectivity index (χ1v) is 12.9. The molecule has 0 heterocycles. The van der Waals surface area contributed by atoms with Gasteiger partial charge in [0.05, 0.1) is 18.8 Å². The Morgan fingerprint density at radius 1 is 0.767 bits per heavy atom. The lowest BCUT2D eigenvalue weighted by Crippen LogP contribution is -2.45. The number of hydrogen-bond donors (Lipinski definition) is 3. The Balaban J connectivity index is 3.68. The van der Waals surface area contributed by atoms with Gasteiger partial charge in [0, 0.05) is 6.42 Å². The van der Waals surface area contributed by atoms with Crippen LogP contribution in [0.4, 0.5) is 0 Å². The molecule has 0 aliphatic rings. The summed E-state index contributed by atoms with van der Waals surface area (Å²) in [7, 11) is 0. The maximum absolute atomic E-state index is 12.0. The van der Waals surface area contributed by atoms with Crippen LogP contribution in [0.25, 0.3) is 0 Å². The lowest BCUT2D eigenvalue weighted by atomic mass is 10.0. The van der Waals surface area contributed by atoms with Crippen LogP contribution in [0.3, 0.4) is 0 Å². The van der Waals surface area contributed by atoms with Crippen LogP contribution in [0.5, 0.6) is 0 Å². The number of amides is 1. The van der Waals surface area contributed by atoms with Crippen LogP contribution in [-0.4, -0.2) is 34.9 Å². The summed E-state index contributed by atoms with van der Waals surface area (Å²) in [4.78, 5) is 12.0. The molecule has 0 aliphatic heterocycles. The normalized spacial score (nSPS) is 13.6. The van der Waals surface area contributed by atoms with Crippen LogP contribution in [0.2, 0.25) is 0 Å². The highest BCUT2D eigenvalue weighted by atomic mass is 16.3. The van der Waals surface area contributed by atoms with Crippen LogP contribution in [0.1, 0.15) is 129 Å². The van der Waals surface area contributed by atoms with Gasteiger partial charge in [-0.25, -0.2) is 0 Å². The van der Waals surface area contributed by atoms with E-state index < -0.39 is 12.1 Å². The third kappa shape index (κ3) is 19.1. The van der Waals surface area contributed by atoms with Gasteiger partial charge < -0.3 is 15.5 Å². The second kappa shape index (κ2) is 22.8. The molecule has 4 heteroatoms. The van der Waals surface area contributed by atoms with Crippen LogP contribution < -0.4 is 5.32 Å². The molecule has 0 fully saturated rings. The van der Waals surface area contributed by atoms with Crippen LogP contribution in [-0.2, 0) is 4.79 Å². The van der Waals surface area contributed by atoms with Crippen molar-refractivity contribution in [3.05, 3.63) is 12.2 Å². The topological polar surface area (TPSA) is 69.6 Å². The number of unbranched alkanes of at least 4 members (excludes halogenated alkanes) is 13. The summed E-state index contributed by atoms with van der Waals surface area (Å²) in [6.45, 7) is 4.21. The van der Waals surface area contributed by atoms with E-state index in [1.165, 1.54) is 77.0 Å². The number of allylic oxidation sites excluding steroid dienone is 2. The number of aliphatic hydroxyl groups excluding tert-OH is 2. The van der Waals surface area contributed by atoms with Gasteiger partial charge in [0.2, 0.25) is 5.91 Å². The third-order valence-corrected chi connectivity index (χ3v) is 5.79. The van der Waals surface area contributed by atoms with Crippen LogP contribution in [0, 0.1) is 0 Å². The van der Waals surface area contributed by atoms with E-state index in [1.807, 2.05) is 0 Å². The van der Waals surface area contributed by atoms with E-state index in [0.29, 0.717) is 12.8 Å². The molecular weight excluding hydrogens is 374 g/mol. The van der Waals surface area contributed by atoms with Gasteiger partial charge in [-0.3, -0.25) is 4.79 Å². The first-order chi connectivity index (χ1) is 14.7. The summed E-state index contributed by atoms with van der Waals surface area (Å²) in [6.07, 6.45) is 24.2. The third-order valence-electron chi connectivity index (χ3n) is 5.79. The second-order valence-electron chi connectivity index (χ2n) is 8.75. The van der Waals surface area contributed by atoms with Crippen molar-refractivity contribution in [1.82, 2.24) is 5.32 Å². The van der Waals surface area contributed by atoms with Crippen molar-refractivity contribution in [2.75, 3.05) is 6.61 Å². The van der Waals surface area contributed by atoms with Crippen molar-refractivity contribution in [3.63, 3.8) is 0 Å². The first-order valence-electron chi connectivity index (χ1n) is 12.9. The summed E-state index contributed by atoms with van der Waals surface area (Å²) >= 11 is 0. The first kappa shape index (κ1) is 29.1. The summed E-state index contributed by atoms with van der Waals surface area (Å²) in [5.74, 6) is -0.0643. The fraction of sp³-hybridized carbons (Fsp3) is 0.885. The molecule has 0 aromatic heterocycles. The molecule has 0 aromatic carbocycles. The number of rotatable bonds is 22. The van der Waals surface area contributed by atoms with Crippen LogP contribution in [0.15, 0.2) is 12.2 Å². The molecule has 4 nitrogen and oxygen atoms in total. The smallest absolute Gasteiger partial charge is 0.220 e. The second-order valence-corrected chi connectivity index (χ2v) is 8.75. The van der Waals surface area contributed by atoms with Crippen molar-refractivity contribution in [3.8, 4) is 0 Å². The van der Waals surface area contributed by atoms with E-state index in [-0.39, 0.29) is 12.5 Å². The maximum Gasteiger partial charge on any atom is 0.220 e. The zero-order chi connectivity index (χ0) is 22.3. The Labute approximate surface area is 186 Å². The molecule has 1 amide bonds. The zero-order valence-corrected chi connectivity index (χ0v) is 20.0. The number of aliphatic hydroxyl groups is 2. The Bertz CT molecular complexity index is 398. The lowest BCUT2D eigenvalue weighted by molar-refractivity contribution is -0.123. The van der Waals surface area contributed by atoms with Gasteiger partial charge in [0.15, 0.2) is 0 Å². The molecule has 0 spiro atoms. The van der Waals surface area contributed by atoms with Gasteiger partial charge in [-0.15, -0.1) is 0 Å². The monoisotopic (exact) mass is 425 g/mol. The van der Waals surface area contributed by atoms with E-state index in [0.717, 1.165) is 25.7 Å². The summed E-state index contributed by atoms with van der Waals surface area (Å²) < 4.78 is 0. The number of carbonyl (C=O) groups excluding carboxylic acids is 1. The van der Waals surface area contributed by atoms with Gasteiger partial charge in [-0.05, 0) is 32.1 Å². The molecule has 0 saturated heterocycles. The largest absolute Gasteiger partial charge is 0.394 e. The minimum atomic E-state index is -0.698. The maximum atomic E-state index is 12.0. The van der Waals surface area contributed by atoms with Crippen molar-refractivity contribution < 1.29 is 15.0 Å². The highest BCUT2D eigenvalue weighted by molar-refractivity contribution is 5.76. The van der Waals surface area contributed by atoms with Gasteiger partial charge in [-0.2, -0.15) is 0 Å². The highest BCUT2D eigenvalue weighted by Crippen LogP contribution is 2.11. The molecule has 0 rings (SSSR count). The average Bonchev–Trinajstić information content (AvgIpc) is 2.75. The fourth-order valence-corrected chi connectivity index (χ4v) is 3.71. The van der Waals surface area contributed by atoms with Gasteiger partial charge in [0.25, 0.3) is 0 Å². The lowest BCUT2D eigenvalue weighted by Gasteiger charge is -2.22. The molecule has 0 aromatic rings. The van der Waals surface area contributed by atoms with Crippen molar-refractivity contribution in [2.45, 2.75) is 142 Å². The molecule has 0 aliphatic carbocycles. The standard InChI is InChI=1S/C26H51NO3/c1-3-5-7-9-10-11-12-13-14-15-16-18-19-21-25(29)24(23-28)27-26(30)22-20-17-8-6-4-2/h16,18,24-25,28-29H,3-15,17,19-23H2,1-2H3,(H,27,30)/b18-16+/t24-,25+/m0/s1. The summed E-state index contributed by atoms with van der Waals surface area (Å²) in [5.41, 5.74) is 0. The molecule has 0 unspecified atom stereocenters.